The average molecular weight is 637 g/mol. The van der Waals surface area contributed by atoms with Gasteiger partial charge in [0.1, 0.15) is 0 Å². The Kier molecular flexibility index (Phi) is 30.2. The second-order valence-electron chi connectivity index (χ2n) is 13.8. The van der Waals surface area contributed by atoms with Crippen LogP contribution in [0.5, 0.6) is 0 Å². The molecule has 1 heterocycles. The zero-order valence-electron chi connectivity index (χ0n) is 31.2. The molecule has 0 amide bonds. The first-order valence-corrected chi connectivity index (χ1v) is 19.8. The van der Waals surface area contributed by atoms with Gasteiger partial charge in [-0.25, -0.2) is 4.68 Å². The van der Waals surface area contributed by atoms with Crippen molar-refractivity contribution < 1.29 is 0 Å². The summed E-state index contributed by atoms with van der Waals surface area (Å²) in [5.74, 6) is 0. The Hall–Kier alpha value is -1.94. The molecule has 0 N–H and O–H groups in total. The van der Waals surface area contributed by atoms with Gasteiger partial charge in [-0.3, -0.25) is 0 Å². The summed E-state index contributed by atoms with van der Waals surface area (Å²) in [7, 11) is 4.20. The molecule has 0 saturated heterocycles. The molecule has 0 bridgehead atoms. The molecule has 4 nitrogen and oxygen atoms in total. The van der Waals surface area contributed by atoms with E-state index in [1.807, 2.05) is 0 Å². The summed E-state index contributed by atoms with van der Waals surface area (Å²) in [5, 5.41) is 9.05. The average Bonchev–Trinajstić information content (AvgIpc) is 3.50. The van der Waals surface area contributed by atoms with Crippen LogP contribution in [0.1, 0.15) is 193 Å². The van der Waals surface area contributed by atoms with Crippen LogP contribution in [-0.2, 0) is 6.54 Å². The molecule has 0 unspecified atom stereocenters. The number of nitrogens with zero attached hydrogens (tertiary/aromatic N) is 4. The zero-order chi connectivity index (χ0) is 33.2. The molecular formula is C42H76N4. The van der Waals surface area contributed by atoms with Crippen LogP contribution in [0.3, 0.4) is 0 Å². The fraction of sp³-hybridized carbons (Fsp3) is 0.762. The highest BCUT2D eigenvalue weighted by molar-refractivity contribution is 4.94. The normalized spacial score (nSPS) is 12.6. The number of rotatable bonds is 33. The maximum Gasteiger partial charge on any atom is 0.0967 e. The largest absolute Gasteiger partial charge is 0.303 e. The van der Waals surface area contributed by atoms with Crippen molar-refractivity contribution in [2.24, 2.45) is 0 Å². The Morgan fingerprint density at radius 2 is 0.935 bits per heavy atom. The molecule has 4 heteroatoms. The molecule has 0 spiro atoms. The Morgan fingerprint density at radius 3 is 1.35 bits per heavy atom. The van der Waals surface area contributed by atoms with Crippen LogP contribution in [0.4, 0.5) is 0 Å². The summed E-state index contributed by atoms with van der Waals surface area (Å²) >= 11 is 0. The molecule has 0 atom stereocenters. The number of hydrogen-bond donors (Lipinski definition) is 0. The van der Waals surface area contributed by atoms with Gasteiger partial charge in [0.2, 0.25) is 0 Å². The van der Waals surface area contributed by atoms with E-state index >= 15 is 0 Å². The van der Waals surface area contributed by atoms with Crippen LogP contribution in [0, 0.1) is 0 Å². The topological polar surface area (TPSA) is 34.0 Å². The van der Waals surface area contributed by atoms with E-state index in [9.17, 15) is 0 Å². The molecule has 0 aromatic carbocycles. The lowest BCUT2D eigenvalue weighted by Crippen LogP contribution is -2.11. The van der Waals surface area contributed by atoms with Crippen molar-refractivity contribution in [3.63, 3.8) is 0 Å². The molecule has 46 heavy (non-hydrogen) atoms. The molecule has 0 aliphatic carbocycles. The van der Waals surface area contributed by atoms with Crippen molar-refractivity contribution in [3.05, 3.63) is 60.5 Å². The lowest BCUT2D eigenvalue weighted by molar-refractivity contribution is 0.359. The van der Waals surface area contributed by atoms with Crippen LogP contribution in [0.2, 0.25) is 0 Å². The zero-order valence-corrected chi connectivity index (χ0v) is 31.2. The quantitative estimate of drug-likeness (QED) is 0.0568. The van der Waals surface area contributed by atoms with Gasteiger partial charge in [0, 0.05) is 6.54 Å². The molecule has 1 aromatic heterocycles. The highest BCUT2D eigenvalue weighted by Gasteiger charge is 2.13. The van der Waals surface area contributed by atoms with Gasteiger partial charge >= 0.3 is 0 Å². The van der Waals surface area contributed by atoms with Crippen LogP contribution in [0.25, 0.3) is 0 Å². The van der Waals surface area contributed by atoms with Crippen molar-refractivity contribution in [3.8, 4) is 0 Å². The maximum atomic E-state index is 4.57. The molecule has 0 fully saturated rings. The van der Waals surface area contributed by atoms with Crippen LogP contribution < -0.4 is 0 Å². The minimum absolute atomic E-state index is 0.500. The second-order valence-corrected chi connectivity index (χ2v) is 13.8. The summed E-state index contributed by atoms with van der Waals surface area (Å²) in [6.45, 7) is 5.40. The Labute approximate surface area is 287 Å². The van der Waals surface area contributed by atoms with E-state index in [4.69, 9.17) is 0 Å². The molecule has 0 radical (unpaired) electrons. The van der Waals surface area contributed by atoms with Gasteiger partial charge in [-0.2, -0.15) is 0 Å². The van der Waals surface area contributed by atoms with E-state index in [0.717, 1.165) is 25.1 Å². The van der Waals surface area contributed by atoms with Crippen LogP contribution >= 0.6 is 0 Å². The fourth-order valence-electron chi connectivity index (χ4n) is 6.03. The molecule has 1 rings (SSSR count). The molecule has 1 aromatic rings. The minimum Gasteiger partial charge on any atom is -0.303 e. The predicted octanol–water partition coefficient (Wildman–Crippen LogP) is 13.3. The van der Waals surface area contributed by atoms with Gasteiger partial charge in [-0.15, -0.1) is 5.10 Å². The summed E-state index contributed by atoms with van der Waals surface area (Å²) in [6, 6.07) is 0.500. The monoisotopic (exact) mass is 637 g/mol. The van der Waals surface area contributed by atoms with Crippen molar-refractivity contribution in [1.29, 1.82) is 0 Å². The highest BCUT2D eigenvalue weighted by atomic mass is 15.4. The minimum atomic E-state index is 0.500. The van der Waals surface area contributed by atoms with E-state index in [1.54, 1.807) is 0 Å². The molecular weight excluding hydrogens is 560 g/mol. The Bertz CT molecular complexity index is 830. The van der Waals surface area contributed by atoms with E-state index < -0.39 is 0 Å². The number of allylic oxidation sites excluding steroid dienone is 8. The van der Waals surface area contributed by atoms with Crippen molar-refractivity contribution in [2.75, 3.05) is 14.1 Å². The van der Waals surface area contributed by atoms with Gasteiger partial charge in [-0.05, 0) is 91.1 Å². The second kappa shape index (κ2) is 33.0. The van der Waals surface area contributed by atoms with Gasteiger partial charge in [-0.1, -0.05) is 158 Å². The summed E-state index contributed by atoms with van der Waals surface area (Å²) in [6.07, 6.45) is 54.9. The fourth-order valence-corrected chi connectivity index (χ4v) is 6.03. The van der Waals surface area contributed by atoms with Gasteiger partial charge in [0.15, 0.2) is 0 Å². The van der Waals surface area contributed by atoms with Crippen molar-refractivity contribution in [1.82, 2.24) is 19.9 Å². The number of hydrogen-bond acceptors (Lipinski definition) is 3. The SMILES string of the molecule is CCCCC/C=C\C/C=C\CCCCCCCCC(CCCCCCCC/C=C\C/C=C\CCCCC)n1cc(CN(C)C)nn1. The van der Waals surface area contributed by atoms with Gasteiger partial charge in [0.25, 0.3) is 0 Å². The maximum absolute atomic E-state index is 4.57. The smallest absolute Gasteiger partial charge is 0.0967 e. The summed E-state index contributed by atoms with van der Waals surface area (Å²) < 4.78 is 2.19. The van der Waals surface area contributed by atoms with E-state index in [-0.39, 0.29) is 0 Å². The van der Waals surface area contributed by atoms with Crippen LogP contribution in [0.15, 0.2) is 54.8 Å². The third-order valence-electron chi connectivity index (χ3n) is 8.89. The first kappa shape index (κ1) is 42.1. The number of aromatic nitrogens is 3. The van der Waals surface area contributed by atoms with Gasteiger partial charge < -0.3 is 4.90 Å². The number of unbranched alkanes of at least 4 members (excludes halogenated alkanes) is 18. The summed E-state index contributed by atoms with van der Waals surface area (Å²) in [5.41, 5.74) is 1.09. The van der Waals surface area contributed by atoms with E-state index in [0.29, 0.717) is 6.04 Å². The van der Waals surface area contributed by atoms with Gasteiger partial charge in [0.05, 0.1) is 17.9 Å². The molecule has 0 aliphatic rings. The lowest BCUT2D eigenvalue weighted by Gasteiger charge is -2.17. The summed E-state index contributed by atoms with van der Waals surface area (Å²) in [4.78, 5) is 2.17. The van der Waals surface area contributed by atoms with Crippen molar-refractivity contribution in [2.45, 2.75) is 193 Å². The predicted molar refractivity (Wildman–Crippen MR) is 204 cm³/mol. The van der Waals surface area contributed by atoms with E-state index in [1.165, 1.54) is 154 Å². The Morgan fingerprint density at radius 1 is 0.543 bits per heavy atom. The third kappa shape index (κ3) is 27.2. The standard InChI is InChI=1S/C42H76N4/c1-5-7-9-11-13-15-17-19-21-23-25-27-29-31-33-35-37-42(46-40-41(43-44-46)39-45(3)4)38-36-34-32-30-28-26-24-22-20-18-16-14-12-10-8-6-2/h13-16,19-22,40,42H,5-12,17-18,23-39H2,1-4H3/b15-13-,16-14-,21-19-,22-20-. The van der Waals surface area contributed by atoms with Crippen molar-refractivity contribution >= 4 is 0 Å². The Balaban J connectivity index is 2.18. The van der Waals surface area contributed by atoms with E-state index in [2.05, 4.69) is 103 Å². The first-order valence-electron chi connectivity index (χ1n) is 19.8. The van der Waals surface area contributed by atoms with Crippen LogP contribution in [-0.4, -0.2) is 34.0 Å². The third-order valence-corrected chi connectivity index (χ3v) is 8.89. The molecule has 0 saturated carbocycles. The first-order chi connectivity index (χ1) is 22.7. The molecule has 264 valence electrons. The molecule has 0 aliphatic heterocycles. The lowest BCUT2D eigenvalue weighted by atomic mass is 10.00. The highest BCUT2D eigenvalue weighted by Crippen LogP contribution is 2.23.